The number of hydrogen-bond donors (Lipinski definition) is 0. The maximum absolute atomic E-state index is 4.78. The lowest BCUT2D eigenvalue weighted by atomic mass is 10.2. The Morgan fingerprint density at radius 1 is 0.682 bits per heavy atom. The molecule has 3 aromatic heterocycles. The average Bonchev–Trinajstić information content (AvgIpc) is 3.13. The van der Waals surface area contributed by atoms with Gasteiger partial charge in [-0.2, -0.15) is 0 Å². The largest absolute Gasteiger partial charge is 0.305 e. The Hall–Kier alpha value is -3.07. The number of pyridine rings is 1. The van der Waals surface area contributed by atoms with Crippen molar-refractivity contribution in [2.24, 2.45) is 0 Å². The SMILES string of the molecule is c1ccc2c(c1)c1ccccc1n2-c1cn2ccccc2n1. The molecule has 3 heteroatoms. The lowest BCUT2D eigenvalue weighted by molar-refractivity contribution is 1.11. The number of fused-ring (bicyclic) bond motifs is 4. The molecule has 0 atom stereocenters. The van der Waals surface area contributed by atoms with Crippen molar-refractivity contribution in [3.63, 3.8) is 0 Å². The first-order valence-electron chi connectivity index (χ1n) is 7.34. The molecule has 0 saturated heterocycles. The minimum atomic E-state index is 0.948. The summed E-state index contributed by atoms with van der Waals surface area (Å²) in [7, 11) is 0. The van der Waals surface area contributed by atoms with Gasteiger partial charge in [0, 0.05) is 17.0 Å². The van der Waals surface area contributed by atoms with Crippen molar-refractivity contribution in [3.05, 3.63) is 79.1 Å². The van der Waals surface area contributed by atoms with Crippen LogP contribution in [0.2, 0.25) is 0 Å². The molecular formula is C19H13N3. The third-order valence-electron chi connectivity index (χ3n) is 4.16. The van der Waals surface area contributed by atoms with Crippen molar-refractivity contribution in [2.75, 3.05) is 0 Å². The molecule has 104 valence electrons. The van der Waals surface area contributed by atoms with Crippen molar-refractivity contribution in [3.8, 4) is 5.82 Å². The predicted octanol–water partition coefficient (Wildman–Crippen LogP) is 4.43. The zero-order valence-electron chi connectivity index (χ0n) is 11.8. The van der Waals surface area contributed by atoms with Crippen molar-refractivity contribution < 1.29 is 0 Å². The molecule has 2 aromatic carbocycles. The van der Waals surface area contributed by atoms with E-state index in [0.29, 0.717) is 0 Å². The number of rotatable bonds is 1. The summed E-state index contributed by atoms with van der Waals surface area (Å²) >= 11 is 0. The van der Waals surface area contributed by atoms with E-state index in [0.717, 1.165) is 11.5 Å². The minimum absolute atomic E-state index is 0.948. The number of aromatic nitrogens is 3. The smallest absolute Gasteiger partial charge is 0.156 e. The lowest BCUT2D eigenvalue weighted by Gasteiger charge is -2.02. The van der Waals surface area contributed by atoms with E-state index in [2.05, 4.69) is 63.7 Å². The van der Waals surface area contributed by atoms with Gasteiger partial charge in [-0.3, -0.25) is 4.57 Å². The summed E-state index contributed by atoms with van der Waals surface area (Å²) in [5.74, 6) is 0.948. The molecule has 0 N–H and O–H groups in total. The molecule has 5 rings (SSSR count). The van der Waals surface area contributed by atoms with Gasteiger partial charge in [0.05, 0.1) is 17.2 Å². The summed E-state index contributed by atoms with van der Waals surface area (Å²) < 4.78 is 4.29. The van der Waals surface area contributed by atoms with E-state index >= 15 is 0 Å². The van der Waals surface area contributed by atoms with Crippen LogP contribution >= 0.6 is 0 Å². The Morgan fingerprint density at radius 3 is 2.00 bits per heavy atom. The topological polar surface area (TPSA) is 22.2 Å². The quantitative estimate of drug-likeness (QED) is 0.446. The molecule has 0 unspecified atom stereocenters. The zero-order valence-corrected chi connectivity index (χ0v) is 11.8. The first-order valence-corrected chi connectivity index (χ1v) is 7.34. The minimum Gasteiger partial charge on any atom is -0.305 e. The summed E-state index contributed by atoms with van der Waals surface area (Å²) in [6, 6.07) is 23.0. The molecular weight excluding hydrogens is 270 g/mol. The van der Waals surface area contributed by atoms with Gasteiger partial charge in [0.1, 0.15) is 5.65 Å². The van der Waals surface area contributed by atoms with Crippen LogP contribution in [0.4, 0.5) is 0 Å². The van der Waals surface area contributed by atoms with Crippen molar-refractivity contribution in [2.45, 2.75) is 0 Å². The van der Waals surface area contributed by atoms with Gasteiger partial charge in [0.15, 0.2) is 5.82 Å². The van der Waals surface area contributed by atoms with Crippen LogP contribution in [-0.4, -0.2) is 14.0 Å². The highest BCUT2D eigenvalue weighted by molar-refractivity contribution is 6.09. The van der Waals surface area contributed by atoms with Crippen LogP contribution in [0.5, 0.6) is 0 Å². The Kier molecular flexibility index (Phi) is 2.22. The van der Waals surface area contributed by atoms with Gasteiger partial charge in [-0.05, 0) is 24.3 Å². The van der Waals surface area contributed by atoms with E-state index in [1.165, 1.54) is 21.8 Å². The molecule has 0 aliphatic heterocycles. The normalized spacial score (nSPS) is 11.6. The van der Waals surface area contributed by atoms with E-state index in [1.807, 2.05) is 24.4 Å². The standard InChI is InChI=1S/C19H13N3/c1-3-9-16-14(7-1)15-8-2-4-10-17(15)22(16)19-13-21-12-6-5-11-18(21)20-19/h1-13H. The third-order valence-corrected chi connectivity index (χ3v) is 4.16. The maximum Gasteiger partial charge on any atom is 0.156 e. The Morgan fingerprint density at radius 2 is 1.32 bits per heavy atom. The summed E-state index contributed by atoms with van der Waals surface area (Å²) in [6.07, 6.45) is 4.11. The van der Waals surface area contributed by atoms with Crippen LogP contribution in [0.3, 0.4) is 0 Å². The monoisotopic (exact) mass is 283 g/mol. The van der Waals surface area contributed by atoms with Crippen molar-refractivity contribution in [1.29, 1.82) is 0 Å². The predicted molar refractivity (Wildman–Crippen MR) is 89.5 cm³/mol. The van der Waals surface area contributed by atoms with E-state index in [4.69, 9.17) is 4.98 Å². The molecule has 22 heavy (non-hydrogen) atoms. The summed E-state index contributed by atoms with van der Waals surface area (Å²) in [5, 5.41) is 2.52. The molecule has 5 aromatic rings. The Balaban J connectivity index is 1.96. The molecule has 0 fully saturated rings. The zero-order chi connectivity index (χ0) is 14.5. The van der Waals surface area contributed by atoms with Gasteiger partial charge in [0.2, 0.25) is 0 Å². The Bertz CT molecular complexity index is 1040. The van der Waals surface area contributed by atoms with Gasteiger partial charge >= 0.3 is 0 Å². The van der Waals surface area contributed by atoms with E-state index in [9.17, 15) is 0 Å². The van der Waals surface area contributed by atoms with Gasteiger partial charge in [-0.1, -0.05) is 42.5 Å². The van der Waals surface area contributed by atoms with Gasteiger partial charge in [-0.15, -0.1) is 0 Å². The second-order valence-corrected chi connectivity index (χ2v) is 5.43. The maximum atomic E-state index is 4.78. The molecule has 0 radical (unpaired) electrons. The highest BCUT2D eigenvalue weighted by Crippen LogP contribution is 2.31. The molecule has 3 nitrogen and oxygen atoms in total. The average molecular weight is 283 g/mol. The fraction of sp³-hybridized carbons (Fsp3) is 0. The number of benzene rings is 2. The van der Waals surface area contributed by atoms with Gasteiger partial charge < -0.3 is 4.40 Å². The fourth-order valence-electron chi connectivity index (χ4n) is 3.20. The van der Waals surface area contributed by atoms with E-state index in [1.54, 1.807) is 0 Å². The molecule has 3 heterocycles. The summed E-state index contributed by atoms with van der Waals surface area (Å²) in [6.45, 7) is 0. The van der Waals surface area contributed by atoms with Crippen molar-refractivity contribution in [1.82, 2.24) is 14.0 Å². The van der Waals surface area contributed by atoms with Gasteiger partial charge in [-0.25, -0.2) is 4.98 Å². The second kappa shape index (κ2) is 4.21. The van der Waals surface area contributed by atoms with Crippen LogP contribution in [-0.2, 0) is 0 Å². The summed E-state index contributed by atoms with van der Waals surface area (Å²) in [4.78, 5) is 4.78. The van der Waals surface area contributed by atoms with Crippen LogP contribution < -0.4 is 0 Å². The van der Waals surface area contributed by atoms with Gasteiger partial charge in [0.25, 0.3) is 0 Å². The number of nitrogens with zero attached hydrogens (tertiary/aromatic N) is 3. The fourth-order valence-corrected chi connectivity index (χ4v) is 3.20. The van der Waals surface area contributed by atoms with E-state index in [-0.39, 0.29) is 0 Å². The first kappa shape index (κ1) is 11.6. The molecule has 0 amide bonds. The van der Waals surface area contributed by atoms with E-state index < -0.39 is 0 Å². The number of hydrogen-bond acceptors (Lipinski definition) is 1. The highest BCUT2D eigenvalue weighted by Gasteiger charge is 2.13. The highest BCUT2D eigenvalue weighted by atomic mass is 15.1. The molecule has 0 aliphatic rings. The number of para-hydroxylation sites is 2. The molecule has 0 bridgehead atoms. The number of imidazole rings is 1. The lowest BCUT2D eigenvalue weighted by Crippen LogP contribution is -1.93. The van der Waals surface area contributed by atoms with Crippen LogP contribution in [0.15, 0.2) is 79.1 Å². The molecule has 0 aliphatic carbocycles. The van der Waals surface area contributed by atoms with Crippen LogP contribution in [0.1, 0.15) is 0 Å². The third kappa shape index (κ3) is 1.48. The first-order chi connectivity index (χ1) is 10.9. The van der Waals surface area contributed by atoms with Crippen molar-refractivity contribution >= 4 is 27.5 Å². The van der Waals surface area contributed by atoms with Crippen LogP contribution in [0, 0.1) is 0 Å². The van der Waals surface area contributed by atoms with Crippen LogP contribution in [0.25, 0.3) is 33.3 Å². The summed E-state index contributed by atoms with van der Waals surface area (Å²) in [5.41, 5.74) is 3.33. The Labute approximate surface area is 127 Å². The second-order valence-electron chi connectivity index (χ2n) is 5.43. The molecule has 0 spiro atoms. The molecule has 0 saturated carbocycles.